The first-order valence-corrected chi connectivity index (χ1v) is 9.34. The Morgan fingerprint density at radius 1 is 0.655 bits per heavy atom. The van der Waals surface area contributed by atoms with E-state index in [0.29, 0.717) is 12.2 Å². The van der Waals surface area contributed by atoms with Crippen LogP contribution in [0.1, 0.15) is 39.1 Å². The number of unbranched alkanes of at least 4 members (excludes halogenated alkanes) is 1. The van der Waals surface area contributed by atoms with Gasteiger partial charge in [0.05, 0.1) is 17.7 Å². The largest absolute Gasteiger partial charge is 0.494 e. The van der Waals surface area contributed by atoms with E-state index in [-0.39, 0.29) is 5.56 Å². The molecule has 0 fully saturated rings. The molecule has 0 atom stereocenters. The number of rotatable bonds is 8. The van der Waals surface area contributed by atoms with Crippen LogP contribution in [0.15, 0.2) is 84.9 Å². The topological polar surface area (TPSA) is 83.8 Å². The number of carboxylic acid groups (broad SMARTS) is 2. The van der Waals surface area contributed by atoms with E-state index in [0.717, 1.165) is 25.0 Å². The minimum absolute atomic E-state index is 0.279. The predicted molar refractivity (Wildman–Crippen MR) is 112 cm³/mol. The Morgan fingerprint density at radius 3 is 1.69 bits per heavy atom. The number of aryl methyl sites for hydroxylation is 1. The average molecular weight is 392 g/mol. The quantitative estimate of drug-likeness (QED) is 0.517. The smallest absolute Gasteiger partial charge is 0.335 e. The molecule has 0 saturated heterocycles. The van der Waals surface area contributed by atoms with E-state index >= 15 is 0 Å². The maximum Gasteiger partial charge on any atom is 0.335 e. The summed E-state index contributed by atoms with van der Waals surface area (Å²) in [5, 5.41) is 17.2. The van der Waals surface area contributed by atoms with E-state index in [4.69, 9.17) is 14.9 Å². The van der Waals surface area contributed by atoms with Gasteiger partial charge in [0.15, 0.2) is 0 Å². The number of carbonyl (C=O) groups is 2. The van der Waals surface area contributed by atoms with Crippen molar-refractivity contribution in [3.63, 3.8) is 0 Å². The Labute approximate surface area is 170 Å². The highest BCUT2D eigenvalue weighted by atomic mass is 16.5. The minimum atomic E-state index is -0.917. The molecule has 2 N–H and O–H groups in total. The molecule has 3 rings (SSSR count). The molecule has 0 heterocycles. The lowest BCUT2D eigenvalue weighted by molar-refractivity contribution is 0.0686. The molecule has 3 aromatic carbocycles. The SMILES string of the molecule is O=C(O)c1ccc(OCCCCc2ccccc2)cc1.O=C(O)c1ccccc1. The maximum absolute atomic E-state index is 10.7. The van der Waals surface area contributed by atoms with E-state index in [9.17, 15) is 9.59 Å². The van der Waals surface area contributed by atoms with E-state index in [2.05, 4.69) is 24.3 Å². The lowest BCUT2D eigenvalue weighted by atomic mass is 10.1. The van der Waals surface area contributed by atoms with Crippen LogP contribution in [0.5, 0.6) is 5.75 Å². The van der Waals surface area contributed by atoms with Crippen molar-refractivity contribution in [1.82, 2.24) is 0 Å². The summed E-state index contributed by atoms with van der Waals surface area (Å²) in [5.74, 6) is -1.08. The van der Waals surface area contributed by atoms with Gasteiger partial charge >= 0.3 is 11.9 Å². The predicted octanol–water partition coefficient (Wildman–Crippen LogP) is 5.17. The van der Waals surface area contributed by atoms with Crippen LogP contribution < -0.4 is 4.74 Å². The highest BCUT2D eigenvalue weighted by Gasteiger charge is 2.02. The third-order valence-electron chi connectivity index (χ3n) is 4.09. The van der Waals surface area contributed by atoms with E-state index in [1.54, 1.807) is 54.6 Å². The third kappa shape index (κ3) is 8.30. The van der Waals surface area contributed by atoms with Crippen molar-refractivity contribution in [2.45, 2.75) is 19.3 Å². The fraction of sp³-hybridized carbons (Fsp3) is 0.167. The molecule has 5 heteroatoms. The van der Waals surface area contributed by atoms with Gasteiger partial charge < -0.3 is 14.9 Å². The Hall–Kier alpha value is -3.60. The molecule has 0 spiro atoms. The normalized spacial score (nSPS) is 9.79. The second kappa shape index (κ2) is 12.0. The fourth-order valence-electron chi connectivity index (χ4n) is 2.54. The van der Waals surface area contributed by atoms with Gasteiger partial charge in [0, 0.05) is 0 Å². The molecule has 0 unspecified atom stereocenters. The molecule has 0 saturated carbocycles. The van der Waals surface area contributed by atoms with Gasteiger partial charge in [-0.25, -0.2) is 9.59 Å². The third-order valence-corrected chi connectivity index (χ3v) is 4.09. The van der Waals surface area contributed by atoms with Crippen LogP contribution in [0.2, 0.25) is 0 Å². The molecule has 0 aromatic heterocycles. The van der Waals surface area contributed by atoms with Crippen LogP contribution >= 0.6 is 0 Å². The van der Waals surface area contributed by atoms with Crippen molar-refractivity contribution in [3.8, 4) is 5.75 Å². The van der Waals surface area contributed by atoms with Gasteiger partial charge in [-0.15, -0.1) is 0 Å². The number of benzene rings is 3. The van der Waals surface area contributed by atoms with Crippen molar-refractivity contribution < 1.29 is 24.5 Å². The molecule has 0 aliphatic carbocycles. The molecular weight excluding hydrogens is 368 g/mol. The second-order valence-electron chi connectivity index (χ2n) is 6.29. The highest BCUT2D eigenvalue weighted by Crippen LogP contribution is 2.13. The van der Waals surface area contributed by atoms with Gasteiger partial charge in [0.2, 0.25) is 0 Å². The summed E-state index contributed by atoms with van der Waals surface area (Å²) in [5.41, 5.74) is 1.96. The molecule has 0 aliphatic rings. The maximum atomic E-state index is 10.7. The summed E-state index contributed by atoms with van der Waals surface area (Å²) in [6, 6.07) is 25.2. The minimum Gasteiger partial charge on any atom is -0.494 e. The first-order valence-electron chi connectivity index (χ1n) is 9.34. The van der Waals surface area contributed by atoms with E-state index < -0.39 is 11.9 Å². The van der Waals surface area contributed by atoms with E-state index in [1.807, 2.05) is 6.07 Å². The molecular formula is C24H24O5. The molecule has 5 nitrogen and oxygen atoms in total. The van der Waals surface area contributed by atoms with Crippen LogP contribution in [0.4, 0.5) is 0 Å². The summed E-state index contributed by atoms with van der Waals surface area (Å²) < 4.78 is 5.59. The van der Waals surface area contributed by atoms with Crippen LogP contribution in [-0.2, 0) is 6.42 Å². The number of hydrogen-bond donors (Lipinski definition) is 2. The van der Waals surface area contributed by atoms with Crippen LogP contribution in [-0.4, -0.2) is 28.8 Å². The number of ether oxygens (including phenoxy) is 1. The second-order valence-corrected chi connectivity index (χ2v) is 6.29. The summed E-state index contributed by atoms with van der Waals surface area (Å²) >= 11 is 0. The van der Waals surface area contributed by atoms with Crippen molar-refractivity contribution >= 4 is 11.9 Å². The van der Waals surface area contributed by atoms with E-state index in [1.165, 1.54) is 5.56 Å². The Bertz CT molecular complexity index is 874. The van der Waals surface area contributed by atoms with Gasteiger partial charge in [0.1, 0.15) is 5.75 Å². The standard InChI is InChI=1S/C17H18O3.C7H6O2/c18-17(19)15-9-11-16(12-10-15)20-13-5-4-8-14-6-2-1-3-7-14;8-7(9)6-4-2-1-3-5-6/h1-3,6-7,9-12H,4-5,8,13H2,(H,18,19);1-5H,(H,8,9). The first kappa shape index (κ1) is 21.7. The molecule has 0 bridgehead atoms. The van der Waals surface area contributed by atoms with Crippen LogP contribution in [0.3, 0.4) is 0 Å². The lowest BCUT2D eigenvalue weighted by Gasteiger charge is -2.06. The van der Waals surface area contributed by atoms with Gasteiger partial charge in [-0.05, 0) is 61.2 Å². The summed E-state index contributed by atoms with van der Waals surface area (Å²) in [4.78, 5) is 20.9. The zero-order chi connectivity index (χ0) is 20.9. The van der Waals surface area contributed by atoms with Crippen LogP contribution in [0, 0.1) is 0 Å². The van der Waals surface area contributed by atoms with Crippen molar-refractivity contribution in [2.75, 3.05) is 6.61 Å². The fourth-order valence-corrected chi connectivity index (χ4v) is 2.54. The monoisotopic (exact) mass is 392 g/mol. The van der Waals surface area contributed by atoms with Gasteiger partial charge in [-0.1, -0.05) is 48.5 Å². The Kier molecular flexibility index (Phi) is 8.96. The molecule has 0 radical (unpaired) electrons. The van der Waals surface area contributed by atoms with Crippen molar-refractivity contribution in [2.24, 2.45) is 0 Å². The summed E-state index contributed by atoms with van der Waals surface area (Å²) in [6.45, 7) is 0.652. The highest BCUT2D eigenvalue weighted by molar-refractivity contribution is 5.87. The Balaban J connectivity index is 0.000000278. The zero-order valence-electron chi connectivity index (χ0n) is 16.0. The first-order chi connectivity index (χ1) is 14.1. The summed E-state index contributed by atoms with van der Waals surface area (Å²) in [6.07, 6.45) is 3.12. The number of aromatic carboxylic acids is 2. The Morgan fingerprint density at radius 2 is 1.17 bits per heavy atom. The van der Waals surface area contributed by atoms with Crippen molar-refractivity contribution in [3.05, 3.63) is 102 Å². The molecule has 3 aromatic rings. The zero-order valence-corrected chi connectivity index (χ0v) is 16.0. The molecule has 0 aliphatic heterocycles. The summed E-state index contributed by atoms with van der Waals surface area (Å²) in [7, 11) is 0. The van der Waals surface area contributed by atoms with Crippen molar-refractivity contribution in [1.29, 1.82) is 0 Å². The van der Waals surface area contributed by atoms with Gasteiger partial charge in [-0.2, -0.15) is 0 Å². The number of carboxylic acids is 2. The molecule has 29 heavy (non-hydrogen) atoms. The molecule has 150 valence electrons. The lowest BCUT2D eigenvalue weighted by Crippen LogP contribution is -2.00. The van der Waals surface area contributed by atoms with Gasteiger partial charge in [-0.3, -0.25) is 0 Å². The molecule has 0 amide bonds. The van der Waals surface area contributed by atoms with Gasteiger partial charge in [0.25, 0.3) is 0 Å². The number of hydrogen-bond acceptors (Lipinski definition) is 3. The average Bonchev–Trinajstić information content (AvgIpc) is 2.75. The van der Waals surface area contributed by atoms with Crippen LogP contribution in [0.25, 0.3) is 0 Å².